The standard InChI is InChI=1S/C23H26N2O/c1-17(2)21-15-25(14-19-10-6-4-7-11-19)16-22(21)23(26)24-18(3)20-12-8-5-9-13-20/h4-13,21-22H,1,3,14-16H2,2H3,(H,24,26)/t21-,22+/m1/s1. The molecule has 1 heterocycles. The summed E-state index contributed by atoms with van der Waals surface area (Å²) in [5.41, 5.74) is 3.91. The van der Waals surface area contributed by atoms with Crippen molar-refractivity contribution in [3.63, 3.8) is 0 Å². The first-order chi connectivity index (χ1) is 12.5. The molecule has 2 aromatic rings. The number of benzene rings is 2. The van der Waals surface area contributed by atoms with E-state index in [1.165, 1.54) is 5.56 Å². The molecule has 2 atom stereocenters. The summed E-state index contributed by atoms with van der Waals surface area (Å²) in [6.07, 6.45) is 0. The van der Waals surface area contributed by atoms with Gasteiger partial charge in [-0.3, -0.25) is 9.69 Å². The van der Waals surface area contributed by atoms with Gasteiger partial charge in [0.15, 0.2) is 0 Å². The van der Waals surface area contributed by atoms with Crippen molar-refractivity contribution in [2.75, 3.05) is 13.1 Å². The summed E-state index contributed by atoms with van der Waals surface area (Å²) in [6.45, 7) is 12.6. The zero-order valence-corrected chi connectivity index (χ0v) is 15.3. The van der Waals surface area contributed by atoms with Gasteiger partial charge in [0.05, 0.1) is 5.92 Å². The molecule has 26 heavy (non-hydrogen) atoms. The summed E-state index contributed by atoms with van der Waals surface area (Å²) in [6, 6.07) is 20.1. The van der Waals surface area contributed by atoms with Gasteiger partial charge < -0.3 is 5.32 Å². The molecule has 1 saturated heterocycles. The van der Waals surface area contributed by atoms with Crippen LogP contribution in [-0.2, 0) is 11.3 Å². The van der Waals surface area contributed by atoms with Crippen LogP contribution in [0.25, 0.3) is 5.70 Å². The third kappa shape index (κ3) is 4.30. The Labute approximate surface area is 156 Å². The van der Waals surface area contributed by atoms with Crippen LogP contribution in [0.3, 0.4) is 0 Å². The van der Waals surface area contributed by atoms with Gasteiger partial charge in [0.25, 0.3) is 0 Å². The minimum absolute atomic E-state index is 0.0300. The average molecular weight is 346 g/mol. The topological polar surface area (TPSA) is 32.3 Å². The second-order valence-corrected chi connectivity index (χ2v) is 7.07. The van der Waals surface area contributed by atoms with Gasteiger partial charge in [0.2, 0.25) is 5.91 Å². The maximum atomic E-state index is 12.9. The van der Waals surface area contributed by atoms with Gasteiger partial charge in [-0.2, -0.15) is 0 Å². The Hall–Kier alpha value is -2.65. The van der Waals surface area contributed by atoms with Crippen molar-refractivity contribution in [3.05, 3.63) is 90.5 Å². The molecule has 3 heteroatoms. The highest BCUT2D eigenvalue weighted by Gasteiger charge is 2.37. The minimum Gasteiger partial charge on any atom is -0.326 e. The monoisotopic (exact) mass is 346 g/mol. The molecular weight excluding hydrogens is 320 g/mol. The molecule has 1 aliphatic heterocycles. The van der Waals surface area contributed by atoms with Crippen molar-refractivity contribution in [1.29, 1.82) is 0 Å². The summed E-state index contributed by atoms with van der Waals surface area (Å²) < 4.78 is 0. The first kappa shape index (κ1) is 18.2. The van der Waals surface area contributed by atoms with E-state index in [9.17, 15) is 4.79 Å². The van der Waals surface area contributed by atoms with Crippen molar-refractivity contribution in [3.8, 4) is 0 Å². The first-order valence-corrected chi connectivity index (χ1v) is 9.01. The molecule has 1 amide bonds. The smallest absolute Gasteiger partial charge is 0.229 e. The number of rotatable bonds is 6. The Bertz CT molecular complexity index is 782. The molecule has 0 aliphatic carbocycles. The van der Waals surface area contributed by atoms with Crippen LogP contribution in [-0.4, -0.2) is 23.9 Å². The summed E-state index contributed by atoms with van der Waals surface area (Å²) in [5.74, 6) is 0.0985. The van der Waals surface area contributed by atoms with E-state index in [2.05, 4.69) is 47.6 Å². The van der Waals surface area contributed by atoms with Crippen LogP contribution < -0.4 is 5.32 Å². The molecule has 1 aliphatic rings. The lowest BCUT2D eigenvalue weighted by Gasteiger charge is -2.19. The first-order valence-electron chi connectivity index (χ1n) is 9.01. The van der Waals surface area contributed by atoms with Crippen LogP contribution in [0.4, 0.5) is 0 Å². The molecule has 0 radical (unpaired) electrons. The SMILES string of the molecule is C=C(NC(=O)[C@H]1CN(Cc2ccccc2)C[C@@H]1C(=C)C)c1ccccc1. The molecule has 3 nitrogen and oxygen atoms in total. The fourth-order valence-corrected chi connectivity index (χ4v) is 3.57. The van der Waals surface area contributed by atoms with Gasteiger partial charge in [-0.05, 0) is 18.1 Å². The van der Waals surface area contributed by atoms with E-state index in [0.29, 0.717) is 5.70 Å². The molecule has 0 bridgehead atoms. The van der Waals surface area contributed by atoms with E-state index < -0.39 is 0 Å². The van der Waals surface area contributed by atoms with Crippen LogP contribution in [0, 0.1) is 11.8 Å². The number of hydrogen-bond acceptors (Lipinski definition) is 2. The zero-order chi connectivity index (χ0) is 18.5. The highest BCUT2D eigenvalue weighted by atomic mass is 16.2. The molecule has 1 N–H and O–H groups in total. The highest BCUT2D eigenvalue weighted by molar-refractivity contribution is 5.88. The van der Waals surface area contributed by atoms with Crippen molar-refractivity contribution in [2.24, 2.45) is 11.8 Å². The maximum absolute atomic E-state index is 12.9. The second-order valence-electron chi connectivity index (χ2n) is 7.07. The van der Waals surface area contributed by atoms with Crippen molar-refractivity contribution in [2.45, 2.75) is 13.5 Å². The van der Waals surface area contributed by atoms with Crippen molar-refractivity contribution in [1.82, 2.24) is 10.2 Å². The highest BCUT2D eigenvalue weighted by Crippen LogP contribution is 2.30. The van der Waals surface area contributed by atoms with E-state index in [-0.39, 0.29) is 17.7 Å². The Kier molecular flexibility index (Phi) is 5.69. The Morgan fingerprint density at radius 2 is 1.58 bits per heavy atom. The molecule has 1 fully saturated rings. The number of nitrogens with one attached hydrogen (secondary N) is 1. The number of carbonyl (C=O) groups is 1. The lowest BCUT2D eigenvalue weighted by Crippen LogP contribution is -2.34. The fourth-order valence-electron chi connectivity index (χ4n) is 3.57. The Morgan fingerprint density at radius 1 is 1.00 bits per heavy atom. The van der Waals surface area contributed by atoms with Gasteiger partial charge in [0.1, 0.15) is 0 Å². The number of amides is 1. The van der Waals surface area contributed by atoms with E-state index in [1.807, 2.05) is 43.3 Å². The summed E-state index contributed by atoms with van der Waals surface area (Å²) in [7, 11) is 0. The number of likely N-dealkylation sites (tertiary alicyclic amines) is 1. The normalized spacial score (nSPS) is 19.9. The molecule has 0 unspecified atom stereocenters. The summed E-state index contributed by atoms with van der Waals surface area (Å²) in [5, 5.41) is 3.01. The van der Waals surface area contributed by atoms with Crippen LogP contribution in [0.5, 0.6) is 0 Å². The Balaban J connectivity index is 1.67. The van der Waals surface area contributed by atoms with Crippen LogP contribution in [0.15, 0.2) is 79.4 Å². The number of hydrogen-bond donors (Lipinski definition) is 1. The number of nitrogens with zero attached hydrogens (tertiary/aromatic N) is 1. The number of carbonyl (C=O) groups excluding carboxylic acids is 1. The predicted molar refractivity (Wildman–Crippen MR) is 107 cm³/mol. The van der Waals surface area contributed by atoms with Gasteiger partial charge in [-0.15, -0.1) is 0 Å². The van der Waals surface area contributed by atoms with E-state index in [0.717, 1.165) is 30.8 Å². The predicted octanol–water partition coefficient (Wildman–Crippen LogP) is 4.10. The fraction of sp³-hybridized carbons (Fsp3) is 0.261. The van der Waals surface area contributed by atoms with Gasteiger partial charge in [0, 0.05) is 31.2 Å². The molecule has 0 spiro atoms. The summed E-state index contributed by atoms with van der Waals surface area (Å²) in [4.78, 5) is 15.2. The van der Waals surface area contributed by atoms with E-state index in [1.54, 1.807) is 0 Å². The third-order valence-electron chi connectivity index (χ3n) is 5.01. The molecule has 3 rings (SSSR count). The molecular formula is C23H26N2O. The molecule has 134 valence electrons. The third-order valence-corrected chi connectivity index (χ3v) is 5.01. The van der Waals surface area contributed by atoms with Gasteiger partial charge >= 0.3 is 0 Å². The largest absolute Gasteiger partial charge is 0.326 e. The van der Waals surface area contributed by atoms with Crippen LogP contribution >= 0.6 is 0 Å². The molecule has 0 aromatic heterocycles. The quantitative estimate of drug-likeness (QED) is 0.799. The van der Waals surface area contributed by atoms with Crippen LogP contribution in [0.2, 0.25) is 0 Å². The van der Waals surface area contributed by atoms with E-state index in [4.69, 9.17) is 0 Å². The lowest BCUT2D eigenvalue weighted by molar-refractivity contribution is -0.124. The average Bonchev–Trinajstić information content (AvgIpc) is 3.07. The van der Waals surface area contributed by atoms with E-state index >= 15 is 0 Å². The summed E-state index contributed by atoms with van der Waals surface area (Å²) >= 11 is 0. The lowest BCUT2D eigenvalue weighted by atomic mass is 9.89. The zero-order valence-electron chi connectivity index (χ0n) is 15.3. The Morgan fingerprint density at radius 3 is 2.19 bits per heavy atom. The van der Waals surface area contributed by atoms with Crippen LogP contribution in [0.1, 0.15) is 18.1 Å². The molecule has 0 saturated carbocycles. The maximum Gasteiger partial charge on any atom is 0.229 e. The van der Waals surface area contributed by atoms with Gasteiger partial charge in [-0.25, -0.2) is 0 Å². The minimum atomic E-state index is -0.100. The van der Waals surface area contributed by atoms with Crippen molar-refractivity contribution < 1.29 is 4.79 Å². The van der Waals surface area contributed by atoms with Crippen molar-refractivity contribution >= 4 is 11.6 Å². The molecule has 2 aromatic carbocycles. The van der Waals surface area contributed by atoms with Gasteiger partial charge in [-0.1, -0.05) is 79.4 Å². The second kappa shape index (κ2) is 8.15.